The summed E-state index contributed by atoms with van der Waals surface area (Å²) in [7, 11) is 1.49. The van der Waals surface area contributed by atoms with Crippen LogP contribution in [0.25, 0.3) is 0 Å². The van der Waals surface area contributed by atoms with Crippen molar-refractivity contribution in [3.8, 4) is 11.5 Å². The largest absolute Gasteiger partial charge is 0.476 e. The Morgan fingerprint density at radius 1 is 1.46 bits per heavy atom. The highest BCUT2D eigenvalue weighted by Crippen LogP contribution is 2.48. The number of halogens is 2. The second kappa shape index (κ2) is 6.48. The van der Waals surface area contributed by atoms with Crippen molar-refractivity contribution < 1.29 is 29.2 Å². The Balaban J connectivity index is 2.01. The molecule has 10 heteroatoms. The molecular formula is C14H12Cl2N2O6. The van der Waals surface area contributed by atoms with Crippen molar-refractivity contribution in [2.75, 3.05) is 7.11 Å². The van der Waals surface area contributed by atoms with Gasteiger partial charge in [0.05, 0.1) is 10.7 Å². The molecule has 2 unspecified atom stereocenters. The Bertz CT molecular complexity index is 794. The summed E-state index contributed by atoms with van der Waals surface area (Å²) in [5, 5.41) is 23.6. The zero-order valence-corrected chi connectivity index (χ0v) is 13.8. The van der Waals surface area contributed by atoms with E-state index in [0.29, 0.717) is 5.69 Å². The Morgan fingerprint density at radius 3 is 2.88 bits per heavy atom. The van der Waals surface area contributed by atoms with Gasteiger partial charge in [-0.2, -0.15) is 5.10 Å². The van der Waals surface area contributed by atoms with E-state index in [-0.39, 0.29) is 33.8 Å². The summed E-state index contributed by atoms with van der Waals surface area (Å²) in [5.41, 5.74) is 0.649. The normalized spacial score (nSPS) is 17.1. The molecular weight excluding hydrogens is 363 g/mol. The number of nitrogens with zero attached hydrogens (tertiary/aromatic N) is 2. The topological polar surface area (TPSA) is 103 Å². The number of aliphatic carboxylic acids is 1. The lowest BCUT2D eigenvalue weighted by Gasteiger charge is -2.16. The highest BCUT2D eigenvalue weighted by atomic mass is 35.5. The number of aromatic nitrogens is 2. The van der Waals surface area contributed by atoms with E-state index in [2.05, 4.69) is 5.10 Å². The third kappa shape index (κ3) is 2.78. The van der Waals surface area contributed by atoms with Gasteiger partial charge in [0.2, 0.25) is 0 Å². The average molecular weight is 375 g/mol. The number of aliphatic hydroxyl groups excluding tert-OH is 1. The quantitative estimate of drug-likeness (QED) is 0.825. The smallest absolute Gasteiger partial charge is 0.387 e. The van der Waals surface area contributed by atoms with Crippen molar-refractivity contribution in [1.82, 2.24) is 9.78 Å². The van der Waals surface area contributed by atoms with E-state index >= 15 is 0 Å². The highest BCUT2D eigenvalue weighted by Gasteiger charge is 2.35. The van der Waals surface area contributed by atoms with Crippen LogP contribution in [0.15, 0.2) is 18.3 Å². The van der Waals surface area contributed by atoms with Crippen molar-refractivity contribution in [3.63, 3.8) is 0 Å². The van der Waals surface area contributed by atoms with E-state index < -0.39 is 18.4 Å². The Morgan fingerprint density at radius 2 is 2.21 bits per heavy atom. The molecule has 1 aromatic heterocycles. The minimum absolute atomic E-state index is 0.0235. The molecule has 0 bridgehead atoms. The summed E-state index contributed by atoms with van der Waals surface area (Å²) < 4.78 is 16.7. The molecule has 0 saturated heterocycles. The minimum Gasteiger partial charge on any atom is -0.476 e. The second-order valence-electron chi connectivity index (χ2n) is 4.90. The number of benzene rings is 1. The number of methoxy groups -OCH3 is 1. The molecule has 1 aliphatic rings. The van der Waals surface area contributed by atoms with Gasteiger partial charge in [-0.05, 0) is 12.1 Å². The van der Waals surface area contributed by atoms with Crippen LogP contribution in [0.3, 0.4) is 0 Å². The van der Waals surface area contributed by atoms with Crippen LogP contribution in [0.5, 0.6) is 11.5 Å². The Labute approximate surface area is 146 Å². The SMILES string of the molecule is COCn1nccc1C(O)c1cc2c(c(Cl)c1Cl)OC(C(=O)O)O2. The van der Waals surface area contributed by atoms with Crippen LogP contribution in [-0.4, -0.2) is 39.4 Å². The standard InChI is InChI=1S/C14H12Cl2N2O6/c1-22-5-18-7(2-3-17-18)11(19)6-4-8-12(10(16)9(6)15)24-14(23-8)13(20)21/h2-4,11,14,19H,5H2,1H3,(H,20,21). The molecule has 1 aliphatic heterocycles. The predicted molar refractivity (Wildman–Crippen MR) is 82.4 cm³/mol. The first-order valence-electron chi connectivity index (χ1n) is 6.70. The zero-order valence-electron chi connectivity index (χ0n) is 12.3. The van der Waals surface area contributed by atoms with E-state index in [0.717, 1.165) is 0 Å². The van der Waals surface area contributed by atoms with Gasteiger partial charge >= 0.3 is 12.3 Å². The fourth-order valence-electron chi connectivity index (χ4n) is 2.31. The minimum atomic E-state index is -1.51. The maximum atomic E-state index is 11.0. The molecule has 0 fully saturated rings. The van der Waals surface area contributed by atoms with Crippen molar-refractivity contribution >= 4 is 29.2 Å². The summed E-state index contributed by atoms with van der Waals surface area (Å²) in [5.74, 6) is -1.20. The molecule has 0 radical (unpaired) electrons. The third-order valence-corrected chi connectivity index (χ3v) is 4.26. The highest BCUT2D eigenvalue weighted by molar-refractivity contribution is 6.43. The Kier molecular flexibility index (Phi) is 4.55. The van der Waals surface area contributed by atoms with Crippen molar-refractivity contribution in [3.05, 3.63) is 39.6 Å². The molecule has 0 spiro atoms. The molecule has 0 aliphatic carbocycles. The van der Waals surface area contributed by atoms with E-state index in [1.807, 2.05) is 0 Å². The summed E-state index contributed by atoms with van der Waals surface area (Å²) in [6.07, 6.45) is -1.19. The predicted octanol–water partition coefficient (Wildman–Crippen LogP) is 2.06. The molecule has 2 aromatic rings. The number of carboxylic acid groups (broad SMARTS) is 1. The summed E-state index contributed by atoms with van der Waals surface area (Å²) >= 11 is 12.3. The van der Waals surface area contributed by atoms with E-state index in [9.17, 15) is 9.90 Å². The number of aliphatic hydroxyl groups is 1. The third-order valence-electron chi connectivity index (χ3n) is 3.39. The van der Waals surface area contributed by atoms with Gasteiger partial charge in [-0.1, -0.05) is 23.2 Å². The van der Waals surface area contributed by atoms with Crippen LogP contribution in [0, 0.1) is 0 Å². The van der Waals surface area contributed by atoms with Crippen molar-refractivity contribution in [2.24, 2.45) is 0 Å². The van der Waals surface area contributed by atoms with Crippen LogP contribution < -0.4 is 9.47 Å². The van der Waals surface area contributed by atoms with Crippen LogP contribution >= 0.6 is 23.2 Å². The fourth-order valence-corrected chi connectivity index (χ4v) is 2.80. The van der Waals surface area contributed by atoms with Gasteiger partial charge in [0.15, 0.2) is 11.5 Å². The van der Waals surface area contributed by atoms with Crippen LogP contribution in [0.2, 0.25) is 10.0 Å². The van der Waals surface area contributed by atoms with Gasteiger partial charge in [0.25, 0.3) is 0 Å². The van der Waals surface area contributed by atoms with E-state index in [1.54, 1.807) is 6.07 Å². The molecule has 0 amide bonds. The number of hydrogen-bond acceptors (Lipinski definition) is 6. The number of rotatable bonds is 5. The van der Waals surface area contributed by atoms with Crippen LogP contribution in [-0.2, 0) is 16.3 Å². The number of carbonyl (C=O) groups is 1. The van der Waals surface area contributed by atoms with Gasteiger partial charge in [-0.3, -0.25) is 0 Å². The van der Waals surface area contributed by atoms with Gasteiger partial charge in [0.1, 0.15) is 17.9 Å². The summed E-state index contributed by atoms with van der Waals surface area (Å²) in [6, 6.07) is 2.99. The number of fused-ring (bicyclic) bond motifs is 1. The van der Waals surface area contributed by atoms with E-state index in [4.69, 9.17) is 42.5 Å². The van der Waals surface area contributed by atoms with Gasteiger partial charge < -0.3 is 24.4 Å². The second-order valence-corrected chi connectivity index (χ2v) is 5.66. The maximum absolute atomic E-state index is 11.0. The molecule has 0 saturated carbocycles. The first-order valence-corrected chi connectivity index (χ1v) is 7.46. The summed E-state index contributed by atoms with van der Waals surface area (Å²) in [6.45, 7) is 0.135. The molecule has 2 atom stereocenters. The lowest BCUT2D eigenvalue weighted by atomic mass is 10.1. The van der Waals surface area contributed by atoms with Crippen molar-refractivity contribution in [2.45, 2.75) is 19.1 Å². The van der Waals surface area contributed by atoms with Crippen LogP contribution in [0.1, 0.15) is 17.4 Å². The fraction of sp³-hybridized carbons (Fsp3) is 0.286. The molecule has 2 N–H and O–H groups in total. The van der Waals surface area contributed by atoms with Crippen LogP contribution in [0.4, 0.5) is 0 Å². The molecule has 8 nitrogen and oxygen atoms in total. The average Bonchev–Trinajstić information content (AvgIpc) is 3.17. The lowest BCUT2D eigenvalue weighted by molar-refractivity contribution is -0.154. The number of ether oxygens (including phenoxy) is 3. The first kappa shape index (κ1) is 16.8. The summed E-state index contributed by atoms with van der Waals surface area (Å²) in [4.78, 5) is 11.0. The molecule has 2 heterocycles. The number of carboxylic acids is 1. The lowest BCUT2D eigenvalue weighted by Crippen LogP contribution is -2.28. The van der Waals surface area contributed by atoms with E-state index in [1.165, 1.54) is 24.1 Å². The van der Waals surface area contributed by atoms with Crippen molar-refractivity contribution in [1.29, 1.82) is 0 Å². The number of hydrogen-bond donors (Lipinski definition) is 2. The van der Waals surface area contributed by atoms with Gasteiger partial charge in [-0.25, -0.2) is 9.48 Å². The zero-order chi connectivity index (χ0) is 17.4. The molecule has 24 heavy (non-hydrogen) atoms. The molecule has 1 aromatic carbocycles. The monoisotopic (exact) mass is 374 g/mol. The molecule has 128 valence electrons. The van der Waals surface area contributed by atoms with Gasteiger partial charge in [0, 0.05) is 18.9 Å². The maximum Gasteiger partial charge on any atom is 0.387 e. The van der Waals surface area contributed by atoms with Gasteiger partial charge in [-0.15, -0.1) is 0 Å². The first-order chi connectivity index (χ1) is 11.4. The molecule has 3 rings (SSSR count). The Hall–Kier alpha value is -2.00.